The largest absolute Gasteiger partial charge is 0.454 e. The fraction of sp³-hybridized carbons (Fsp3) is 0.150. The Labute approximate surface area is 173 Å². The van der Waals surface area contributed by atoms with E-state index in [4.69, 9.17) is 21.1 Å². The molecule has 1 aliphatic rings. The fourth-order valence-corrected chi connectivity index (χ4v) is 3.18. The van der Waals surface area contributed by atoms with E-state index >= 15 is 0 Å². The summed E-state index contributed by atoms with van der Waals surface area (Å²) in [5, 5.41) is 4.45. The standard InChI is InChI=1S/C20H13ClF3N3O3/c1-11-14(9-26-27(11)18-5-3-13(8-25-18)20(22,23)24)16(28)4-2-12-6-15(21)19-17(7-12)29-10-30-19/h2-9H,10H2,1H3. The van der Waals surface area contributed by atoms with Gasteiger partial charge in [0.25, 0.3) is 0 Å². The molecule has 0 aliphatic carbocycles. The minimum absolute atomic E-state index is 0.0809. The minimum Gasteiger partial charge on any atom is -0.454 e. The number of pyridine rings is 1. The smallest absolute Gasteiger partial charge is 0.417 e. The van der Waals surface area contributed by atoms with E-state index in [9.17, 15) is 18.0 Å². The number of hydrogen-bond acceptors (Lipinski definition) is 5. The second-order valence-electron chi connectivity index (χ2n) is 6.39. The van der Waals surface area contributed by atoms with E-state index in [0.717, 1.165) is 12.3 Å². The molecule has 10 heteroatoms. The molecule has 0 atom stereocenters. The van der Waals surface area contributed by atoms with Gasteiger partial charge < -0.3 is 9.47 Å². The average molecular weight is 436 g/mol. The number of hydrogen-bond donors (Lipinski definition) is 0. The van der Waals surface area contributed by atoms with Gasteiger partial charge in [0.15, 0.2) is 23.1 Å². The maximum atomic E-state index is 12.7. The minimum atomic E-state index is -4.48. The van der Waals surface area contributed by atoms with Crippen LogP contribution in [0.5, 0.6) is 11.5 Å². The van der Waals surface area contributed by atoms with Crippen LogP contribution >= 0.6 is 11.6 Å². The molecule has 4 rings (SSSR count). The van der Waals surface area contributed by atoms with Crippen LogP contribution in [0.2, 0.25) is 5.02 Å². The summed E-state index contributed by atoms with van der Waals surface area (Å²) >= 11 is 6.13. The van der Waals surface area contributed by atoms with Crippen molar-refractivity contribution in [3.63, 3.8) is 0 Å². The third-order valence-corrected chi connectivity index (χ3v) is 4.72. The molecule has 0 unspecified atom stereocenters. The molecule has 0 radical (unpaired) electrons. The lowest BCUT2D eigenvalue weighted by molar-refractivity contribution is -0.137. The molecule has 2 aromatic heterocycles. The normalized spacial score (nSPS) is 13.2. The van der Waals surface area contributed by atoms with Crippen molar-refractivity contribution in [2.45, 2.75) is 13.1 Å². The zero-order chi connectivity index (χ0) is 21.5. The lowest BCUT2D eigenvalue weighted by Gasteiger charge is -2.08. The number of ketones is 1. The Bertz CT molecular complexity index is 1150. The van der Waals surface area contributed by atoms with E-state index in [1.807, 2.05) is 0 Å². The van der Waals surface area contributed by atoms with Crippen LogP contribution < -0.4 is 9.47 Å². The van der Waals surface area contributed by atoms with Crippen molar-refractivity contribution in [3.8, 4) is 17.3 Å². The highest BCUT2D eigenvalue weighted by molar-refractivity contribution is 6.32. The third kappa shape index (κ3) is 3.76. The van der Waals surface area contributed by atoms with E-state index < -0.39 is 11.7 Å². The molecule has 0 spiro atoms. The van der Waals surface area contributed by atoms with Crippen LogP contribution in [0.4, 0.5) is 13.2 Å². The number of rotatable bonds is 4. The number of carbonyl (C=O) groups is 1. The number of alkyl halides is 3. The number of halogens is 4. The second kappa shape index (κ2) is 7.49. The SMILES string of the molecule is Cc1c(C(=O)C=Cc2cc(Cl)c3c(c2)OCO3)cnn1-c1ccc(C(F)(F)F)cn1. The zero-order valence-electron chi connectivity index (χ0n) is 15.4. The van der Waals surface area contributed by atoms with Crippen molar-refractivity contribution in [2.75, 3.05) is 6.79 Å². The molecule has 30 heavy (non-hydrogen) atoms. The molecular formula is C20H13ClF3N3O3. The van der Waals surface area contributed by atoms with Crippen molar-refractivity contribution in [3.05, 3.63) is 70.1 Å². The summed E-state index contributed by atoms with van der Waals surface area (Å²) in [6.07, 6.45) is 0.509. The third-order valence-electron chi connectivity index (χ3n) is 4.44. The summed E-state index contributed by atoms with van der Waals surface area (Å²) in [6.45, 7) is 1.71. The van der Waals surface area contributed by atoms with Gasteiger partial charge in [-0.1, -0.05) is 17.7 Å². The summed E-state index contributed by atoms with van der Waals surface area (Å²) in [5.41, 5.74) is 0.519. The molecule has 0 amide bonds. The number of ether oxygens (including phenoxy) is 2. The van der Waals surface area contributed by atoms with Crippen LogP contribution in [0.15, 0.2) is 42.7 Å². The quantitative estimate of drug-likeness (QED) is 0.432. The van der Waals surface area contributed by atoms with Crippen molar-refractivity contribution in [1.29, 1.82) is 0 Å². The summed E-state index contributed by atoms with van der Waals surface area (Å²) < 4.78 is 49.9. The summed E-state index contributed by atoms with van der Waals surface area (Å²) in [4.78, 5) is 16.4. The maximum Gasteiger partial charge on any atom is 0.417 e. The van der Waals surface area contributed by atoms with Gasteiger partial charge in [0.2, 0.25) is 6.79 Å². The molecule has 6 nitrogen and oxygen atoms in total. The zero-order valence-corrected chi connectivity index (χ0v) is 16.2. The van der Waals surface area contributed by atoms with Gasteiger partial charge in [0.1, 0.15) is 0 Å². The Morgan fingerprint density at radius 2 is 2.03 bits per heavy atom. The molecule has 0 N–H and O–H groups in total. The van der Waals surface area contributed by atoms with Gasteiger partial charge in [-0.05, 0) is 42.8 Å². The van der Waals surface area contributed by atoms with E-state index in [2.05, 4.69) is 10.1 Å². The Balaban J connectivity index is 1.56. The lowest BCUT2D eigenvalue weighted by atomic mass is 10.1. The van der Waals surface area contributed by atoms with Gasteiger partial charge in [-0.25, -0.2) is 9.67 Å². The topological polar surface area (TPSA) is 66.2 Å². The van der Waals surface area contributed by atoms with Gasteiger partial charge in [-0.3, -0.25) is 4.79 Å². The van der Waals surface area contributed by atoms with Crippen LogP contribution in [0, 0.1) is 6.92 Å². The average Bonchev–Trinajstić information content (AvgIpc) is 3.32. The van der Waals surface area contributed by atoms with E-state index in [1.54, 1.807) is 25.1 Å². The first-order chi connectivity index (χ1) is 14.2. The van der Waals surface area contributed by atoms with Crippen LogP contribution in [0.3, 0.4) is 0 Å². The fourth-order valence-electron chi connectivity index (χ4n) is 2.91. The molecule has 0 saturated carbocycles. The van der Waals surface area contributed by atoms with Crippen molar-refractivity contribution >= 4 is 23.5 Å². The summed E-state index contributed by atoms with van der Waals surface area (Å²) in [6, 6.07) is 5.44. The predicted molar refractivity (Wildman–Crippen MR) is 102 cm³/mol. The van der Waals surface area contributed by atoms with Crippen molar-refractivity contribution in [1.82, 2.24) is 14.8 Å². The molecule has 3 heterocycles. The van der Waals surface area contributed by atoms with Crippen LogP contribution in [0.1, 0.15) is 27.2 Å². The van der Waals surface area contributed by atoms with Crippen molar-refractivity contribution in [2.24, 2.45) is 0 Å². The highest BCUT2D eigenvalue weighted by Crippen LogP contribution is 2.40. The van der Waals surface area contributed by atoms with Gasteiger partial charge >= 0.3 is 6.18 Å². The Morgan fingerprint density at radius 3 is 2.73 bits per heavy atom. The maximum absolute atomic E-state index is 12.7. The number of aromatic nitrogens is 3. The Hall–Kier alpha value is -3.33. The Morgan fingerprint density at radius 1 is 1.23 bits per heavy atom. The summed E-state index contributed by atoms with van der Waals surface area (Å²) in [7, 11) is 0. The monoisotopic (exact) mass is 435 g/mol. The number of carbonyl (C=O) groups excluding carboxylic acids is 1. The molecule has 1 aliphatic heterocycles. The van der Waals surface area contributed by atoms with Crippen LogP contribution in [-0.4, -0.2) is 27.3 Å². The van der Waals surface area contributed by atoms with Gasteiger partial charge in [-0.2, -0.15) is 18.3 Å². The second-order valence-corrected chi connectivity index (χ2v) is 6.80. The van der Waals surface area contributed by atoms with Gasteiger partial charge in [0, 0.05) is 6.20 Å². The van der Waals surface area contributed by atoms with E-state index in [0.29, 0.717) is 33.3 Å². The van der Waals surface area contributed by atoms with Crippen LogP contribution in [0.25, 0.3) is 11.9 Å². The highest BCUT2D eigenvalue weighted by atomic mass is 35.5. The molecular weight excluding hydrogens is 423 g/mol. The molecule has 0 saturated heterocycles. The predicted octanol–water partition coefficient (Wildman–Crippen LogP) is 4.87. The lowest BCUT2D eigenvalue weighted by Crippen LogP contribution is -2.08. The number of nitrogens with zero attached hydrogens (tertiary/aromatic N) is 3. The Kier molecular flexibility index (Phi) is 4.98. The molecule has 0 fully saturated rings. The van der Waals surface area contributed by atoms with E-state index in [1.165, 1.54) is 23.0 Å². The number of allylic oxidation sites excluding steroid dienone is 1. The van der Waals surface area contributed by atoms with E-state index in [-0.39, 0.29) is 18.4 Å². The first-order valence-electron chi connectivity index (χ1n) is 8.64. The highest BCUT2D eigenvalue weighted by Gasteiger charge is 2.30. The molecule has 0 bridgehead atoms. The first kappa shape index (κ1) is 20.0. The number of fused-ring (bicyclic) bond motifs is 1. The number of benzene rings is 1. The molecule has 154 valence electrons. The van der Waals surface area contributed by atoms with Crippen molar-refractivity contribution < 1.29 is 27.4 Å². The molecule has 3 aromatic rings. The van der Waals surface area contributed by atoms with Gasteiger partial charge in [-0.15, -0.1) is 0 Å². The van der Waals surface area contributed by atoms with Gasteiger partial charge in [0.05, 0.1) is 28.0 Å². The summed E-state index contributed by atoms with van der Waals surface area (Å²) in [5.74, 6) is 0.791. The van der Waals surface area contributed by atoms with Crippen LogP contribution in [-0.2, 0) is 6.18 Å². The first-order valence-corrected chi connectivity index (χ1v) is 9.01. The molecule has 1 aromatic carbocycles.